The standard InChI is InChI=1S/C18H22N2O4S2/c1-22-18(21)13-7-14(9-19-8-13)24-12-15-10-20(5-6-23-15)11-16-3-4-17(25-2)26-16/h3-4,7-9,15H,5-6,10-12H2,1-2H3. The molecule has 1 fully saturated rings. The van der Waals surface area contributed by atoms with Crippen LogP contribution >= 0.6 is 23.1 Å². The van der Waals surface area contributed by atoms with Gasteiger partial charge in [0.2, 0.25) is 0 Å². The van der Waals surface area contributed by atoms with Gasteiger partial charge in [-0.25, -0.2) is 4.79 Å². The van der Waals surface area contributed by atoms with E-state index in [1.807, 2.05) is 11.3 Å². The normalized spacial score (nSPS) is 17.8. The number of ether oxygens (including phenoxy) is 3. The minimum absolute atomic E-state index is 0.00878. The van der Waals surface area contributed by atoms with E-state index in [2.05, 4.69) is 28.3 Å². The summed E-state index contributed by atoms with van der Waals surface area (Å²) in [6.07, 6.45) is 5.14. The van der Waals surface area contributed by atoms with Gasteiger partial charge in [-0.2, -0.15) is 0 Å². The van der Waals surface area contributed by atoms with E-state index < -0.39 is 5.97 Å². The molecule has 0 saturated carbocycles. The van der Waals surface area contributed by atoms with Gasteiger partial charge in [-0.05, 0) is 24.5 Å². The first-order chi connectivity index (χ1) is 12.7. The molecule has 140 valence electrons. The van der Waals surface area contributed by atoms with E-state index in [0.717, 1.165) is 19.6 Å². The lowest BCUT2D eigenvalue weighted by molar-refractivity contribution is -0.0502. The first-order valence-electron chi connectivity index (χ1n) is 8.30. The number of pyridine rings is 1. The second kappa shape index (κ2) is 9.36. The zero-order valence-electron chi connectivity index (χ0n) is 14.8. The van der Waals surface area contributed by atoms with Gasteiger partial charge in [0.25, 0.3) is 0 Å². The molecule has 0 spiro atoms. The van der Waals surface area contributed by atoms with Crippen molar-refractivity contribution in [2.24, 2.45) is 0 Å². The second-order valence-electron chi connectivity index (χ2n) is 5.86. The van der Waals surface area contributed by atoms with Gasteiger partial charge < -0.3 is 14.2 Å². The van der Waals surface area contributed by atoms with Crippen molar-refractivity contribution in [2.75, 3.05) is 39.7 Å². The van der Waals surface area contributed by atoms with E-state index in [4.69, 9.17) is 14.2 Å². The molecule has 6 nitrogen and oxygen atoms in total. The quantitative estimate of drug-likeness (QED) is 0.528. The molecule has 3 heterocycles. The van der Waals surface area contributed by atoms with Crippen molar-refractivity contribution in [3.63, 3.8) is 0 Å². The molecular formula is C18H22N2O4S2. The van der Waals surface area contributed by atoms with Gasteiger partial charge in [0.1, 0.15) is 18.5 Å². The summed E-state index contributed by atoms with van der Waals surface area (Å²) in [4.78, 5) is 19.3. The first kappa shape index (κ1) is 19.2. The minimum Gasteiger partial charge on any atom is -0.489 e. The van der Waals surface area contributed by atoms with E-state index in [1.54, 1.807) is 24.0 Å². The van der Waals surface area contributed by atoms with Crippen LogP contribution in [0.15, 0.2) is 34.8 Å². The molecule has 0 bridgehead atoms. The molecule has 3 rings (SSSR count). The van der Waals surface area contributed by atoms with E-state index in [0.29, 0.717) is 24.5 Å². The lowest BCUT2D eigenvalue weighted by Gasteiger charge is -2.32. The maximum atomic E-state index is 11.6. The molecule has 1 aliphatic heterocycles. The number of hydrogen-bond donors (Lipinski definition) is 0. The number of carbonyl (C=O) groups excluding carboxylic acids is 1. The lowest BCUT2D eigenvalue weighted by atomic mass is 10.2. The molecule has 26 heavy (non-hydrogen) atoms. The van der Waals surface area contributed by atoms with Crippen LogP contribution in [0.5, 0.6) is 5.75 Å². The highest BCUT2D eigenvalue weighted by Gasteiger charge is 2.22. The number of hydrogen-bond acceptors (Lipinski definition) is 8. The van der Waals surface area contributed by atoms with Crippen LogP contribution in [0, 0.1) is 0 Å². The summed E-state index contributed by atoms with van der Waals surface area (Å²) in [6, 6.07) is 6.00. The highest BCUT2D eigenvalue weighted by molar-refractivity contribution is 8.00. The van der Waals surface area contributed by atoms with Crippen LogP contribution in [0.4, 0.5) is 0 Å². The molecular weight excluding hydrogens is 372 g/mol. The monoisotopic (exact) mass is 394 g/mol. The van der Waals surface area contributed by atoms with E-state index in [9.17, 15) is 4.79 Å². The van der Waals surface area contributed by atoms with Crippen LogP contribution in [-0.2, 0) is 16.0 Å². The Morgan fingerprint density at radius 1 is 1.46 bits per heavy atom. The van der Waals surface area contributed by atoms with Crippen LogP contribution in [0.3, 0.4) is 0 Å². The number of methoxy groups -OCH3 is 1. The first-order valence-corrected chi connectivity index (χ1v) is 10.3. The van der Waals surface area contributed by atoms with Crippen LogP contribution in [0.25, 0.3) is 0 Å². The van der Waals surface area contributed by atoms with Crippen molar-refractivity contribution >= 4 is 29.1 Å². The van der Waals surface area contributed by atoms with Crippen molar-refractivity contribution in [1.29, 1.82) is 0 Å². The van der Waals surface area contributed by atoms with E-state index in [1.165, 1.54) is 22.4 Å². The number of thioether (sulfide) groups is 1. The third kappa shape index (κ3) is 5.20. The largest absolute Gasteiger partial charge is 0.489 e. The maximum absolute atomic E-state index is 11.6. The molecule has 1 unspecified atom stereocenters. The summed E-state index contributed by atoms with van der Waals surface area (Å²) < 4.78 is 17.6. The Labute approximate surface area is 161 Å². The number of esters is 1. The topological polar surface area (TPSA) is 60.9 Å². The fraction of sp³-hybridized carbons (Fsp3) is 0.444. The Kier molecular flexibility index (Phi) is 6.90. The number of aromatic nitrogens is 1. The number of morpholine rings is 1. The Morgan fingerprint density at radius 3 is 3.12 bits per heavy atom. The summed E-state index contributed by atoms with van der Waals surface area (Å²) >= 11 is 3.62. The third-order valence-corrected chi connectivity index (χ3v) is 6.16. The second-order valence-corrected chi connectivity index (χ2v) is 8.14. The summed E-state index contributed by atoms with van der Waals surface area (Å²) in [5.41, 5.74) is 0.374. The SMILES string of the molecule is COC(=O)c1cncc(OCC2CN(Cc3ccc(SC)s3)CCO2)c1. The maximum Gasteiger partial charge on any atom is 0.339 e. The predicted octanol–water partition coefficient (Wildman–Crippen LogP) is 2.93. The fourth-order valence-electron chi connectivity index (χ4n) is 2.71. The average Bonchev–Trinajstić information content (AvgIpc) is 3.14. The molecule has 0 aliphatic carbocycles. The summed E-state index contributed by atoms with van der Waals surface area (Å²) in [5, 5.41) is 0. The Balaban J connectivity index is 1.51. The summed E-state index contributed by atoms with van der Waals surface area (Å²) in [7, 11) is 1.34. The Morgan fingerprint density at radius 2 is 2.35 bits per heavy atom. The number of carbonyl (C=O) groups is 1. The molecule has 2 aromatic rings. The average molecular weight is 395 g/mol. The third-order valence-electron chi connectivity index (χ3n) is 4.01. The van der Waals surface area contributed by atoms with Crippen molar-refractivity contribution in [3.05, 3.63) is 41.0 Å². The van der Waals surface area contributed by atoms with Crippen molar-refractivity contribution in [1.82, 2.24) is 9.88 Å². The molecule has 0 N–H and O–H groups in total. The molecule has 8 heteroatoms. The molecule has 1 atom stereocenters. The molecule has 1 saturated heterocycles. The zero-order valence-corrected chi connectivity index (χ0v) is 16.5. The summed E-state index contributed by atoms with van der Waals surface area (Å²) in [5.74, 6) is 0.111. The lowest BCUT2D eigenvalue weighted by Crippen LogP contribution is -2.44. The number of nitrogens with zero attached hydrogens (tertiary/aromatic N) is 2. The van der Waals surface area contributed by atoms with Gasteiger partial charge in [-0.15, -0.1) is 23.1 Å². The van der Waals surface area contributed by atoms with Crippen LogP contribution in [-0.4, -0.2) is 61.6 Å². The van der Waals surface area contributed by atoms with Gasteiger partial charge in [-0.3, -0.25) is 9.88 Å². The number of rotatable bonds is 7. The predicted molar refractivity (Wildman–Crippen MR) is 102 cm³/mol. The minimum atomic E-state index is -0.427. The molecule has 0 aromatic carbocycles. The highest BCUT2D eigenvalue weighted by Crippen LogP contribution is 2.26. The molecule has 0 amide bonds. The van der Waals surface area contributed by atoms with Gasteiger partial charge in [0.15, 0.2) is 0 Å². The Bertz CT molecular complexity index is 737. The van der Waals surface area contributed by atoms with Crippen molar-refractivity contribution in [2.45, 2.75) is 16.9 Å². The van der Waals surface area contributed by atoms with E-state index in [-0.39, 0.29) is 6.10 Å². The highest BCUT2D eigenvalue weighted by atomic mass is 32.2. The van der Waals surface area contributed by atoms with Crippen molar-refractivity contribution in [3.8, 4) is 5.75 Å². The van der Waals surface area contributed by atoms with Gasteiger partial charge in [-0.1, -0.05) is 0 Å². The van der Waals surface area contributed by atoms with Crippen molar-refractivity contribution < 1.29 is 19.0 Å². The van der Waals surface area contributed by atoms with Crippen LogP contribution < -0.4 is 4.74 Å². The molecule has 0 radical (unpaired) electrons. The van der Waals surface area contributed by atoms with Crippen LogP contribution in [0.1, 0.15) is 15.2 Å². The van der Waals surface area contributed by atoms with Gasteiger partial charge >= 0.3 is 5.97 Å². The fourth-order valence-corrected chi connectivity index (χ4v) is 4.35. The smallest absolute Gasteiger partial charge is 0.339 e. The molecule has 2 aromatic heterocycles. The van der Waals surface area contributed by atoms with Gasteiger partial charge in [0.05, 0.1) is 29.7 Å². The summed E-state index contributed by atoms with van der Waals surface area (Å²) in [6.45, 7) is 3.78. The zero-order chi connectivity index (χ0) is 18.4. The van der Waals surface area contributed by atoms with Gasteiger partial charge in [0, 0.05) is 30.7 Å². The number of thiophene rings is 1. The Hall–Kier alpha value is -1.61. The van der Waals surface area contributed by atoms with E-state index >= 15 is 0 Å². The molecule has 1 aliphatic rings. The van der Waals surface area contributed by atoms with Crippen LogP contribution in [0.2, 0.25) is 0 Å².